The van der Waals surface area contributed by atoms with E-state index in [2.05, 4.69) is 26.2 Å². The average molecular weight is 292 g/mol. The first kappa shape index (κ1) is 11.9. The van der Waals surface area contributed by atoms with Crippen LogP contribution in [0.5, 0.6) is 0 Å². The minimum Gasteiger partial charge on any atom is -0.399 e. The molecular formula is C13H14BrN3. The van der Waals surface area contributed by atoms with Crippen LogP contribution >= 0.6 is 15.9 Å². The van der Waals surface area contributed by atoms with Crippen LogP contribution in [0.2, 0.25) is 0 Å². The second-order valence-corrected chi connectivity index (χ2v) is 4.77. The van der Waals surface area contributed by atoms with Crippen LogP contribution < -0.4 is 11.1 Å². The summed E-state index contributed by atoms with van der Waals surface area (Å²) in [7, 11) is 0. The molecule has 3 nitrogen and oxygen atoms in total. The number of nitrogen functional groups attached to an aromatic ring is 1. The van der Waals surface area contributed by atoms with Crippen molar-refractivity contribution in [2.75, 3.05) is 11.1 Å². The van der Waals surface area contributed by atoms with Gasteiger partial charge in [-0.2, -0.15) is 0 Å². The van der Waals surface area contributed by atoms with Gasteiger partial charge in [-0.15, -0.1) is 0 Å². The van der Waals surface area contributed by atoms with Gasteiger partial charge >= 0.3 is 0 Å². The molecule has 88 valence electrons. The number of nitrogens with one attached hydrogen (secondary N) is 1. The minimum atomic E-state index is 0.744. The summed E-state index contributed by atoms with van der Waals surface area (Å²) in [4.78, 5) is 4.29. The Balaban J connectivity index is 2.02. The van der Waals surface area contributed by atoms with E-state index in [-0.39, 0.29) is 0 Å². The van der Waals surface area contributed by atoms with Crippen molar-refractivity contribution in [1.82, 2.24) is 4.98 Å². The van der Waals surface area contributed by atoms with Crippen LogP contribution in [0.4, 0.5) is 11.5 Å². The Bertz CT molecular complexity index is 509. The molecule has 0 aliphatic carbocycles. The van der Waals surface area contributed by atoms with Crippen molar-refractivity contribution in [3.05, 3.63) is 52.1 Å². The predicted octanol–water partition coefficient (Wildman–Crippen LogP) is 3.35. The smallest absolute Gasteiger partial charge is 0.126 e. The Morgan fingerprint density at radius 2 is 2.00 bits per heavy atom. The van der Waals surface area contributed by atoms with Crippen LogP contribution in [-0.4, -0.2) is 4.98 Å². The van der Waals surface area contributed by atoms with E-state index in [1.807, 2.05) is 37.3 Å². The normalized spacial score (nSPS) is 10.2. The van der Waals surface area contributed by atoms with Gasteiger partial charge in [-0.05, 0) is 52.2 Å². The highest BCUT2D eigenvalue weighted by Gasteiger charge is 1.99. The summed E-state index contributed by atoms with van der Waals surface area (Å²) in [6, 6.07) is 9.83. The van der Waals surface area contributed by atoms with Crippen LogP contribution in [0.3, 0.4) is 0 Å². The molecule has 0 unspecified atom stereocenters. The quantitative estimate of drug-likeness (QED) is 0.853. The highest BCUT2D eigenvalue weighted by molar-refractivity contribution is 9.10. The van der Waals surface area contributed by atoms with E-state index in [0.29, 0.717) is 0 Å². The van der Waals surface area contributed by atoms with Crippen LogP contribution in [-0.2, 0) is 6.54 Å². The number of hydrogen-bond donors (Lipinski definition) is 2. The van der Waals surface area contributed by atoms with Gasteiger partial charge in [-0.25, -0.2) is 4.98 Å². The van der Waals surface area contributed by atoms with E-state index >= 15 is 0 Å². The van der Waals surface area contributed by atoms with E-state index in [1.54, 1.807) is 6.20 Å². The lowest BCUT2D eigenvalue weighted by Gasteiger charge is -2.07. The zero-order valence-corrected chi connectivity index (χ0v) is 11.2. The number of nitrogens with two attached hydrogens (primary N) is 1. The Kier molecular flexibility index (Phi) is 3.64. The maximum atomic E-state index is 5.63. The summed E-state index contributed by atoms with van der Waals surface area (Å²) < 4.78 is 1.02. The molecule has 17 heavy (non-hydrogen) atoms. The first-order chi connectivity index (χ1) is 8.15. The van der Waals surface area contributed by atoms with Gasteiger partial charge in [0.1, 0.15) is 5.82 Å². The molecule has 0 radical (unpaired) electrons. The van der Waals surface area contributed by atoms with Gasteiger partial charge in [0, 0.05) is 22.9 Å². The molecule has 0 saturated carbocycles. The molecule has 0 aliphatic heterocycles. The summed E-state index contributed by atoms with van der Waals surface area (Å²) in [6.45, 7) is 2.79. The molecule has 0 atom stereocenters. The molecule has 4 heteroatoms. The maximum Gasteiger partial charge on any atom is 0.126 e. The largest absolute Gasteiger partial charge is 0.399 e. The first-order valence-corrected chi connectivity index (χ1v) is 6.15. The van der Waals surface area contributed by atoms with E-state index in [0.717, 1.165) is 22.5 Å². The van der Waals surface area contributed by atoms with Crippen molar-refractivity contribution in [3.8, 4) is 0 Å². The molecular weight excluding hydrogens is 278 g/mol. The van der Waals surface area contributed by atoms with Crippen molar-refractivity contribution in [3.63, 3.8) is 0 Å². The molecule has 2 aromatic rings. The summed E-state index contributed by atoms with van der Waals surface area (Å²) in [5.74, 6) is 0.877. The van der Waals surface area contributed by atoms with E-state index < -0.39 is 0 Å². The van der Waals surface area contributed by atoms with Gasteiger partial charge in [0.2, 0.25) is 0 Å². The summed E-state index contributed by atoms with van der Waals surface area (Å²) in [6.07, 6.45) is 1.81. The molecule has 3 N–H and O–H groups in total. The van der Waals surface area contributed by atoms with Gasteiger partial charge in [-0.3, -0.25) is 0 Å². The summed E-state index contributed by atoms with van der Waals surface area (Å²) in [5, 5.41) is 3.28. The Labute approximate surface area is 109 Å². The van der Waals surface area contributed by atoms with Crippen molar-refractivity contribution >= 4 is 27.4 Å². The lowest BCUT2D eigenvalue weighted by molar-refractivity contribution is 1.10. The number of pyridine rings is 1. The Morgan fingerprint density at radius 1 is 1.29 bits per heavy atom. The van der Waals surface area contributed by atoms with E-state index in [9.17, 15) is 0 Å². The fourth-order valence-electron chi connectivity index (χ4n) is 1.46. The fraction of sp³-hybridized carbons (Fsp3) is 0.154. The highest BCUT2D eigenvalue weighted by atomic mass is 79.9. The zero-order valence-electron chi connectivity index (χ0n) is 9.57. The van der Waals surface area contributed by atoms with Crippen molar-refractivity contribution in [2.24, 2.45) is 0 Å². The summed E-state index contributed by atoms with van der Waals surface area (Å²) in [5.41, 5.74) is 8.76. The van der Waals surface area contributed by atoms with Gasteiger partial charge in [0.25, 0.3) is 0 Å². The maximum absolute atomic E-state index is 5.63. The van der Waals surface area contributed by atoms with Gasteiger partial charge in [0.05, 0.1) is 0 Å². The standard InChI is InChI=1S/C13H14BrN3/c1-9-6-13(17-8-12(9)14)16-7-10-2-4-11(15)5-3-10/h2-6,8H,7,15H2,1H3,(H,16,17). The monoisotopic (exact) mass is 291 g/mol. The molecule has 0 amide bonds. The van der Waals surface area contributed by atoms with Gasteiger partial charge in [-0.1, -0.05) is 12.1 Å². The molecule has 0 aliphatic rings. The van der Waals surface area contributed by atoms with Crippen LogP contribution in [0, 0.1) is 6.92 Å². The molecule has 2 rings (SSSR count). The second kappa shape index (κ2) is 5.19. The van der Waals surface area contributed by atoms with Crippen molar-refractivity contribution in [1.29, 1.82) is 0 Å². The van der Waals surface area contributed by atoms with Crippen LogP contribution in [0.25, 0.3) is 0 Å². The van der Waals surface area contributed by atoms with E-state index in [4.69, 9.17) is 5.73 Å². The predicted molar refractivity (Wildman–Crippen MR) is 74.9 cm³/mol. The number of halogens is 1. The number of anilines is 2. The molecule has 1 aromatic heterocycles. The Morgan fingerprint density at radius 3 is 2.65 bits per heavy atom. The third-order valence-electron chi connectivity index (χ3n) is 2.50. The molecule has 1 heterocycles. The van der Waals surface area contributed by atoms with E-state index in [1.165, 1.54) is 11.1 Å². The van der Waals surface area contributed by atoms with Crippen molar-refractivity contribution in [2.45, 2.75) is 13.5 Å². The SMILES string of the molecule is Cc1cc(NCc2ccc(N)cc2)ncc1Br. The third-order valence-corrected chi connectivity index (χ3v) is 3.33. The Hall–Kier alpha value is -1.55. The molecule has 0 saturated heterocycles. The third kappa shape index (κ3) is 3.20. The topological polar surface area (TPSA) is 50.9 Å². The number of nitrogens with zero attached hydrogens (tertiary/aromatic N) is 1. The van der Waals surface area contributed by atoms with Gasteiger partial charge < -0.3 is 11.1 Å². The number of benzene rings is 1. The highest BCUT2D eigenvalue weighted by Crippen LogP contribution is 2.17. The van der Waals surface area contributed by atoms with Crippen LogP contribution in [0.15, 0.2) is 41.0 Å². The molecule has 0 fully saturated rings. The van der Waals surface area contributed by atoms with Gasteiger partial charge in [0.15, 0.2) is 0 Å². The van der Waals surface area contributed by atoms with Crippen LogP contribution in [0.1, 0.15) is 11.1 Å². The average Bonchev–Trinajstić information content (AvgIpc) is 2.33. The zero-order chi connectivity index (χ0) is 12.3. The molecule has 1 aromatic carbocycles. The lowest BCUT2D eigenvalue weighted by Crippen LogP contribution is -2.01. The number of aromatic nitrogens is 1. The fourth-order valence-corrected chi connectivity index (χ4v) is 1.68. The second-order valence-electron chi connectivity index (χ2n) is 3.91. The number of aryl methyl sites for hydroxylation is 1. The number of hydrogen-bond acceptors (Lipinski definition) is 3. The van der Waals surface area contributed by atoms with Crippen molar-refractivity contribution < 1.29 is 0 Å². The first-order valence-electron chi connectivity index (χ1n) is 5.35. The minimum absolute atomic E-state index is 0.744. The molecule has 0 bridgehead atoms. The molecule has 0 spiro atoms. The lowest BCUT2D eigenvalue weighted by atomic mass is 10.2. The summed E-state index contributed by atoms with van der Waals surface area (Å²) >= 11 is 3.43. The number of rotatable bonds is 3.